The van der Waals surface area contributed by atoms with Crippen LogP contribution in [-0.2, 0) is 14.9 Å². The van der Waals surface area contributed by atoms with Gasteiger partial charge in [-0.2, -0.15) is 0 Å². The molecule has 0 spiro atoms. The van der Waals surface area contributed by atoms with Crippen molar-refractivity contribution in [3.8, 4) is 22.6 Å². The summed E-state index contributed by atoms with van der Waals surface area (Å²) in [5.74, 6) is -1.30. The molecule has 6 nitrogen and oxygen atoms in total. The van der Waals surface area contributed by atoms with Gasteiger partial charge in [0.1, 0.15) is 11.6 Å². The predicted octanol–water partition coefficient (Wildman–Crippen LogP) is 5.39. The third-order valence-electron chi connectivity index (χ3n) is 5.97. The monoisotopic (exact) mass is 463 g/mol. The maximum Gasteiger partial charge on any atom is 0.335 e. The number of fused-ring (bicyclic) bond motifs is 1. The van der Waals surface area contributed by atoms with Crippen LogP contribution in [0.5, 0.6) is 5.75 Å². The summed E-state index contributed by atoms with van der Waals surface area (Å²) in [4.78, 5) is 11.4. The van der Waals surface area contributed by atoms with Crippen molar-refractivity contribution >= 4 is 16.9 Å². The van der Waals surface area contributed by atoms with E-state index in [1.807, 2.05) is 17.6 Å². The summed E-state index contributed by atoms with van der Waals surface area (Å²) < 4.78 is 27.0. The zero-order valence-corrected chi connectivity index (χ0v) is 19.2. The van der Waals surface area contributed by atoms with E-state index in [-0.39, 0.29) is 17.1 Å². The van der Waals surface area contributed by atoms with E-state index in [9.17, 15) is 19.4 Å². The Balaban J connectivity index is 2.16. The predicted molar refractivity (Wildman–Crippen MR) is 128 cm³/mol. The molecule has 0 amide bonds. The number of hydrogen-bond acceptors (Lipinski definition) is 4. The molecule has 0 bridgehead atoms. The maximum absolute atomic E-state index is 13.8. The molecular formula is C27H26FNO5. The average Bonchev–Trinajstić information content (AvgIpc) is 3.17. The third-order valence-corrected chi connectivity index (χ3v) is 5.97. The van der Waals surface area contributed by atoms with Crippen LogP contribution < -0.4 is 0 Å². The van der Waals surface area contributed by atoms with Crippen molar-refractivity contribution in [3.63, 3.8) is 0 Å². The lowest BCUT2D eigenvalue weighted by Crippen LogP contribution is -2.35. The standard InChI is InChI=1S/C27H26FNO5/c1-27(15-33-2,16-34-3)25-23(17-7-9-18(10-8-17)26(31)32)24-21(5-4-6-22(24)30)29(25)20-13-11-19(28)12-14-20/h4-14,30H,15-16H2,1-3H3,(H,31,32). The van der Waals surface area contributed by atoms with E-state index < -0.39 is 11.4 Å². The van der Waals surface area contributed by atoms with Crippen molar-refractivity contribution in [3.05, 3.63) is 83.8 Å². The van der Waals surface area contributed by atoms with Crippen molar-refractivity contribution in [1.82, 2.24) is 4.57 Å². The first-order valence-corrected chi connectivity index (χ1v) is 10.7. The number of carbonyl (C=O) groups is 1. The van der Waals surface area contributed by atoms with E-state index >= 15 is 0 Å². The van der Waals surface area contributed by atoms with Gasteiger partial charge in [0, 0.05) is 36.6 Å². The highest BCUT2D eigenvalue weighted by Crippen LogP contribution is 2.46. The number of aromatic nitrogens is 1. The van der Waals surface area contributed by atoms with Gasteiger partial charge < -0.3 is 24.3 Å². The number of aromatic carboxylic acids is 1. The van der Waals surface area contributed by atoms with E-state index in [1.165, 1.54) is 24.3 Å². The third kappa shape index (κ3) is 4.04. The number of halogens is 1. The molecule has 34 heavy (non-hydrogen) atoms. The van der Waals surface area contributed by atoms with Gasteiger partial charge in [-0.3, -0.25) is 0 Å². The molecule has 0 unspecified atom stereocenters. The lowest BCUT2D eigenvalue weighted by atomic mass is 9.83. The molecule has 0 aliphatic rings. The van der Waals surface area contributed by atoms with Gasteiger partial charge in [-0.15, -0.1) is 0 Å². The molecule has 0 aliphatic heterocycles. The number of phenols is 1. The van der Waals surface area contributed by atoms with Crippen LogP contribution in [0, 0.1) is 5.82 Å². The SMILES string of the molecule is COCC(C)(COC)c1c(-c2ccc(C(=O)O)cc2)c2c(O)cccc2n1-c1ccc(F)cc1. The molecule has 4 aromatic rings. The fourth-order valence-corrected chi connectivity index (χ4v) is 4.63. The summed E-state index contributed by atoms with van der Waals surface area (Å²) in [6, 6.07) is 17.9. The van der Waals surface area contributed by atoms with Gasteiger partial charge in [0.05, 0.1) is 29.7 Å². The lowest BCUT2D eigenvalue weighted by Gasteiger charge is -2.31. The van der Waals surface area contributed by atoms with E-state index in [1.54, 1.807) is 50.6 Å². The molecular weight excluding hydrogens is 437 g/mol. The Morgan fingerprint density at radius 1 is 0.971 bits per heavy atom. The molecule has 2 N–H and O–H groups in total. The van der Waals surface area contributed by atoms with Crippen molar-refractivity contribution in [2.24, 2.45) is 0 Å². The number of carboxylic acids is 1. The van der Waals surface area contributed by atoms with Crippen LogP contribution in [0.1, 0.15) is 23.0 Å². The summed E-state index contributed by atoms with van der Waals surface area (Å²) in [5.41, 5.74) is 3.16. The first-order chi connectivity index (χ1) is 16.3. The number of hydrogen-bond donors (Lipinski definition) is 2. The number of nitrogens with zero attached hydrogens (tertiary/aromatic N) is 1. The van der Waals surface area contributed by atoms with Gasteiger partial charge in [-0.25, -0.2) is 9.18 Å². The smallest absolute Gasteiger partial charge is 0.335 e. The lowest BCUT2D eigenvalue weighted by molar-refractivity contribution is 0.0663. The van der Waals surface area contributed by atoms with E-state index in [4.69, 9.17) is 9.47 Å². The number of benzene rings is 3. The molecule has 0 fully saturated rings. The Bertz CT molecular complexity index is 1320. The number of phenolic OH excluding ortho intramolecular Hbond substituents is 1. The zero-order valence-electron chi connectivity index (χ0n) is 19.2. The summed E-state index contributed by atoms with van der Waals surface area (Å²) >= 11 is 0. The van der Waals surface area contributed by atoms with Crippen LogP contribution in [-0.4, -0.2) is 48.2 Å². The molecule has 1 heterocycles. The van der Waals surface area contributed by atoms with Gasteiger partial charge in [0.25, 0.3) is 0 Å². The molecule has 176 valence electrons. The summed E-state index contributed by atoms with van der Waals surface area (Å²) in [6.07, 6.45) is 0. The first-order valence-electron chi connectivity index (χ1n) is 10.7. The van der Waals surface area contributed by atoms with Crippen LogP contribution in [0.25, 0.3) is 27.7 Å². The van der Waals surface area contributed by atoms with Gasteiger partial charge in [0.2, 0.25) is 0 Å². The van der Waals surface area contributed by atoms with Gasteiger partial charge in [-0.1, -0.05) is 18.2 Å². The molecule has 7 heteroatoms. The number of methoxy groups -OCH3 is 2. The molecule has 4 rings (SSSR count). The van der Waals surface area contributed by atoms with E-state index in [0.29, 0.717) is 24.3 Å². The number of ether oxygens (including phenoxy) is 2. The average molecular weight is 464 g/mol. The highest BCUT2D eigenvalue weighted by atomic mass is 19.1. The second-order valence-corrected chi connectivity index (χ2v) is 8.52. The number of aromatic hydroxyl groups is 1. The second-order valence-electron chi connectivity index (χ2n) is 8.52. The van der Waals surface area contributed by atoms with E-state index in [0.717, 1.165) is 22.3 Å². The molecule has 0 atom stereocenters. The quantitative estimate of drug-likeness (QED) is 0.366. The fraction of sp³-hybridized carbons (Fsp3) is 0.222. The normalized spacial score (nSPS) is 11.8. The van der Waals surface area contributed by atoms with Crippen LogP contribution >= 0.6 is 0 Å². The van der Waals surface area contributed by atoms with Crippen LogP contribution in [0.3, 0.4) is 0 Å². The minimum atomic E-state index is -1.02. The van der Waals surface area contributed by atoms with Gasteiger partial charge in [-0.05, 0) is 61.0 Å². The van der Waals surface area contributed by atoms with Gasteiger partial charge in [0.15, 0.2) is 0 Å². The highest BCUT2D eigenvalue weighted by molar-refractivity contribution is 6.04. The molecule has 0 saturated carbocycles. The van der Waals surface area contributed by atoms with Crippen LogP contribution in [0.15, 0.2) is 66.7 Å². The van der Waals surface area contributed by atoms with Crippen molar-refractivity contribution in [1.29, 1.82) is 0 Å². The molecule has 0 aliphatic carbocycles. The first kappa shape index (κ1) is 23.5. The maximum atomic E-state index is 13.8. The van der Waals surface area contributed by atoms with Gasteiger partial charge >= 0.3 is 5.97 Å². The number of rotatable bonds is 8. The van der Waals surface area contributed by atoms with Crippen molar-refractivity contribution in [2.45, 2.75) is 12.3 Å². The Morgan fingerprint density at radius 2 is 1.59 bits per heavy atom. The Labute approximate surface area is 196 Å². The zero-order chi connectivity index (χ0) is 24.5. The summed E-state index contributed by atoms with van der Waals surface area (Å²) in [6.45, 7) is 2.61. The Kier molecular flexibility index (Phi) is 6.41. The van der Waals surface area contributed by atoms with Crippen LogP contribution in [0.4, 0.5) is 4.39 Å². The van der Waals surface area contributed by atoms with E-state index in [2.05, 4.69) is 0 Å². The second kappa shape index (κ2) is 9.29. The largest absolute Gasteiger partial charge is 0.507 e. The minimum Gasteiger partial charge on any atom is -0.507 e. The summed E-state index contributed by atoms with van der Waals surface area (Å²) in [5, 5.41) is 20.9. The van der Waals surface area contributed by atoms with Crippen molar-refractivity contribution < 1.29 is 28.9 Å². The van der Waals surface area contributed by atoms with Crippen LogP contribution in [0.2, 0.25) is 0 Å². The Hall–Kier alpha value is -3.68. The number of carboxylic acid groups (broad SMARTS) is 1. The highest BCUT2D eigenvalue weighted by Gasteiger charge is 2.36. The topological polar surface area (TPSA) is 80.9 Å². The molecule has 3 aromatic carbocycles. The fourth-order valence-electron chi connectivity index (χ4n) is 4.63. The molecule has 0 radical (unpaired) electrons. The summed E-state index contributed by atoms with van der Waals surface area (Å²) in [7, 11) is 3.22. The molecule has 1 aromatic heterocycles. The Morgan fingerprint density at radius 3 is 2.15 bits per heavy atom. The minimum absolute atomic E-state index is 0.0779. The molecule has 0 saturated heterocycles. The van der Waals surface area contributed by atoms with Crippen molar-refractivity contribution in [2.75, 3.05) is 27.4 Å².